The molecule has 2 atom stereocenters. The van der Waals surface area contributed by atoms with Crippen LogP contribution >= 0.6 is 23.2 Å². The minimum atomic E-state index is -2.00. The third kappa shape index (κ3) is 1.54. The molecule has 0 radical (unpaired) electrons. The Hall–Kier alpha value is -2.02. The van der Waals surface area contributed by atoms with Gasteiger partial charge in [0.1, 0.15) is 24.3 Å². The maximum absolute atomic E-state index is 9.22. The second-order valence-corrected chi connectivity index (χ2v) is 4.95. The van der Waals surface area contributed by atoms with Gasteiger partial charge in [-0.2, -0.15) is 21.0 Å². The van der Waals surface area contributed by atoms with Gasteiger partial charge in [-0.3, -0.25) is 0 Å². The molecule has 1 saturated heterocycles. The maximum atomic E-state index is 9.22. The summed E-state index contributed by atoms with van der Waals surface area (Å²) in [5.41, 5.74) is -4.00. The highest BCUT2D eigenvalue weighted by atomic mass is 35.5. The normalized spacial score (nSPS) is 29.6. The van der Waals surface area contributed by atoms with E-state index >= 15 is 0 Å². The average Bonchev–Trinajstić information content (AvgIpc) is 2.76. The van der Waals surface area contributed by atoms with Crippen molar-refractivity contribution in [2.45, 2.75) is 11.2 Å². The monoisotopic (exact) mass is 290 g/mol. The highest BCUT2D eigenvalue weighted by molar-refractivity contribution is 6.33. The zero-order chi connectivity index (χ0) is 14.3. The van der Waals surface area contributed by atoms with Crippen molar-refractivity contribution in [3.63, 3.8) is 0 Å². The van der Waals surface area contributed by atoms with Gasteiger partial charge in [0.2, 0.25) is 0 Å². The van der Waals surface area contributed by atoms with E-state index in [1.165, 1.54) is 12.2 Å². The van der Waals surface area contributed by atoms with Crippen molar-refractivity contribution in [1.29, 1.82) is 21.0 Å². The second-order valence-electron chi connectivity index (χ2n) is 4.08. The zero-order valence-electron chi connectivity index (χ0n) is 9.26. The smallest absolute Gasteiger partial charge is 0.252 e. The number of hydrogen-bond donors (Lipinski definition) is 0. The van der Waals surface area contributed by atoms with E-state index in [1.54, 1.807) is 24.3 Å². The van der Waals surface area contributed by atoms with Gasteiger partial charge in [0.05, 0.1) is 11.8 Å². The molecule has 1 aliphatic carbocycles. The molecule has 0 amide bonds. The second kappa shape index (κ2) is 4.27. The first-order valence-corrected chi connectivity index (χ1v) is 5.84. The van der Waals surface area contributed by atoms with E-state index in [2.05, 4.69) is 0 Å². The largest absolute Gasteiger partial charge is 0.311 e. The van der Waals surface area contributed by atoms with Crippen molar-refractivity contribution in [2.24, 2.45) is 11.8 Å². The fraction of sp³-hybridized carbons (Fsp3) is 0.333. The number of nitrogens with zero attached hydrogens (tertiary/aromatic N) is 4. The first-order valence-electron chi connectivity index (χ1n) is 5.08. The quantitative estimate of drug-likeness (QED) is 0.679. The zero-order valence-corrected chi connectivity index (χ0v) is 10.8. The summed E-state index contributed by atoms with van der Waals surface area (Å²) in [6, 6.07) is 6.82. The molecular weight excluding hydrogens is 287 g/mol. The van der Waals surface area contributed by atoms with E-state index < -0.39 is 23.0 Å². The summed E-state index contributed by atoms with van der Waals surface area (Å²) in [7, 11) is 0. The van der Waals surface area contributed by atoms with Crippen LogP contribution in [0.25, 0.3) is 0 Å². The lowest BCUT2D eigenvalue weighted by Gasteiger charge is -2.26. The lowest BCUT2D eigenvalue weighted by atomic mass is 9.74. The van der Waals surface area contributed by atoms with Crippen LogP contribution in [0.15, 0.2) is 22.2 Å². The van der Waals surface area contributed by atoms with Gasteiger partial charge >= 0.3 is 0 Å². The lowest BCUT2D eigenvalue weighted by Crippen LogP contribution is -2.35. The number of rotatable bonds is 0. The van der Waals surface area contributed by atoms with Crippen molar-refractivity contribution in [1.82, 2.24) is 0 Å². The molecule has 1 heterocycles. The predicted molar refractivity (Wildman–Crippen MR) is 63.9 cm³/mol. The van der Waals surface area contributed by atoms with E-state index in [9.17, 15) is 21.0 Å². The predicted octanol–water partition coefficient (Wildman–Crippen LogP) is 2.08. The number of fused-ring (bicyclic) bond motifs is 1. The van der Waals surface area contributed by atoms with Crippen molar-refractivity contribution >= 4 is 23.2 Å². The fourth-order valence-corrected chi connectivity index (χ4v) is 3.03. The van der Waals surface area contributed by atoms with Crippen LogP contribution in [0.4, 0.5) is 0 Å². The van der Waals surface area contributed by atoms with Gasteiger partial charge in [0.15, 0.2) is 0 Å². The van der Waals surface area contributed by atoms with Gasteiger partial charge in [-0.05, 0) is 12.2 Å². The fourth-order valence-electron chi connectivity index (χ4n) is 2.34. The van der Waals surface area contributed by atoms with Gasteiger partial charge in [-0.25, -0.2) is 0 Å². The number of ether oxygens (including phenoxy) is 1. The SMILES string of the molecule is N#CC1(C#N)OC(C#N)(C#N)C2C(Cl)=CC=C(Cl)C21. The van der Waals surface area contributed by atoms with Crippen LogP contribution in [0.5, 0.6) is 0 Å². The summed E-state index contributed by atoms with van der Waals surface area (Å²) in [5, 5.41) is 37.2. The van der Waals surface area contributed by atoms with E-state index in [0.717, 1.165) is 0 Å². The number of nitriles is 4. The first-order chi connectivity index (χ1) is 9.00. The number of hydrogen-bond acceptors (Lipinski definition) is 5. The minimum absolute atomic E-state index is 0.157. The molecular formula is C12H4Cl2N4O. The molecule has 0 aromatic carbocycles. The van der Waals surface area contributed by atoms with E-state index in [1.807, 2.05) is 0 Å². The first kappa shape index (κ1) is 13.4. The molecule has 92 valence electrons. The minimum Gasteiger partial charge on any atom is -0.311 e. The molecule has 0 aromatic rings. The molecule has 0 saturated carbocycles. The van der Waals surface area contributed by atoms with Crippen molar-refractivity contribution in [3.05, 3.63) is 22.2 Å². The van der Waals surface area contributed by atoms with Gasteiger partial charge in [-0.1, -0.05) is 23.2 Å². The Bertz CT molecular complexity index is 582. The number of halogens is 2. The summed E-state index contributed by atoms with van der Waals surface area (Å²) < 4.78 is 5.23. The van der Waals surface area contributed by atoms with Crippen LogP contribution < -0.4 is 0 Å². The molecule has 19 heavy (non-hydrogen) atoms. The van der Waals surface area contributed by atoms with Crippen molar-refractivity contribution in [3.8, 4) is 24.3 Å². The summed E-state index contributed by atoms with van der Waals surface area (Å²) >= 11 is 12.0. The topological polar surface area (TPSA) is 104 Å². The molecule has 2 rings (SSSR count). The Balaban J connectivity index is 2.74. The van der Waals surface area contributed by atoms with Gasteiger partial charge < -0.3 is 4.74 Å². The Morgan fingerprint density at radius 3 is 1.42 bits per heavy atom. The van der Waals surface area contributed by atoms with E-state index in [4.69, 9.17) is 27.9 Å². The van der Waals surface area contributed by atoms with E-state index in [-0.39, 0.29) is 10.1 Å². The van der Waals surface area contributed by atoms with Crippen molar-refractivity contribution in [2.75, 3.05) is 0 Å². The Kier molecular flexibility index (Phi) is 3.01. The van der Waals surface area contributed by atoms with Crippen LogP contribution in [0.2, 0.25) is 0 Å². The molecule has 2 aliphatic rings. The van der Waals surface area contributed by atoms with Crippen LogP contribution in [0, 0.1) is 57.2 Å². The molecule has 7 heteroatoms. The van der Waals surface area contributed by atoms with Gasteiger partial charge in [-0.15, -0.1) is 0 Å². The van der Waals surface area contributed by atoms with Crippen molar-refractivity contribution < 1.29 is 4.74 Å². The highest BCUT2D eigenvalue weighted by Gasteiger charge is 2.67. The lowest BCUT2D eigenvalue weighted by molar-refractivity contribution is 0.00980. The summed E-state index contributed by atoms with van der Waals surface area (Å²) in [5.74, 6) is -1.91. The molecule has 0 bridgehead atoms. The summed E-state index contributed by atoms with van der Waals surface area (Å²) in [6.07, 6.45) is 2.87. The molecule has 5 nitrogen and oxygen atoms in total. The van der Waals surface area contributed by atoms with Gasteiger partial charge in [0, 0.05) is 10.1 Å². The molecule has 0 aromatic heterocycles. The molecule has 1 fully saturated rings. The van der Waals surface area contributed by atoms with Crippen LogP contribution in [0.3, 0.4) is 0 Å². The van der Waals surface area contributed by atoms with Crippen LogP contribution in [-0.2, 0) is 4.74 Å². The van der Waals surface area contributed by atoms with E-state index in [0.29, 0.717) is 0 Å². The Morgan fingerprint density at radius 1 is 0.842 bits per heavy atom. The molecule has 1 aliphatic heterocycles. The summed E-state index contributed by atoms with van der Waals surface area (Å²) in [4.78, 5) is 0. The Labute approximate surface area is 119 Å². The standard InChI is InChI=1S/C12H4Cl2N4O/c13-7-1-2-8(14)10-9(7)11(3-15,4-16)19-12(10,5-17)6-18/h1-2,9-10H. The average molecular weight is 291 g/mol. The highest BCUT2D eigenvalue weighted by Crippen LogP contribution is 2.55. The maximum Gasteiger partial charge on any atom is 0.252 e. The summed E-state index contributed by atoms with van der Waals surface area (Å²) in [6.45, 7) is 0. The molecule has 0 spiro atoms. The van der Waals surface area contributed by atoms with Crippen LogP contribution in [-0.4, -0.2) is 11.2 Å². The third-order valence-corrected chi connectivity index (χ3v) is 3.91. The molecule has 2 unspecified atom stereocenters. The van der Waals surface area contributed by atoms with Gasteiger partial charge in [0.25, 0.3) is 11.2 Å². The Morgan fingerprint density at radius 2 is 1.16 bits per heavy atom. The van der Waals surface area contributed by atoms with Crippen LogP contribution in [0.1, 0.15) is 0 Å². The molecule has 0 N–H and O–H groups in total. The third-order valence-electron chi connectivity index (χ3n) is 3.19. The number of allylic oxidation sites excluding steroid dienone is 2.